The molecule has 0 bridgehead atoms. The molecule has 0 unspecified atom stereocenters. The maximum Gasteiger partial charge on any atom is 0.416 e. The zero-order chi connectivity index (χ0) is 73.6. The highest BCUT2D eigenvalue weighted by Gasteiger charge is 2.56. The molecule has 0 radical (unpaired) electrons. The van der Waals surface area contributed by atoms with Crippen molar-refractivity contribution in [2.45, 2.75) is 166 Å². The molecular formula is C73H80F12N8O10. The van der Waals surface area contributed by atoms with Gasteiger partial charge in [-0.05, 0) is 130 Å². The third-order valence-corrected chi connectivity index (χ3v) is 18.2. The average molecular weight is 1460 g/mol. The van der Waals surface area contributed by atoms with E-state index in [-0.39, 0.29) is 115 Å². The third-order valence-electron chi connectivity index (χ3n) is 18.2. The van der Waals surface area contributed by atoms with Crippen molar-refractivity contribution in [1.82, 2.24) is 39.3 Å². The molecule has 2 saturated heterocycles. The van der Waals surface area contributed by atoms with E-state index in [1.54, 1.807) is 135 Å². The first kappa shape index (κ1) is 80.8. The van der Waals surface area contributed by atoms with Crippen LogP contribution in [-0.2, 0) is 83.8 Å². The van der Waals surface area contributed by atoms with E-state index in [9.17, 15) is 81.8 Å². The Hall–Kier alpha value is -9.55. The number of aliphatic hydroxyl groups is 1. The number of nitrogens with zero attached hydrogens (tertiary/aromatic N) is 6. The Bertz CT molecular complexity index is 4190. The Morgan fingerprint density at radius 1 is 0.505 bits per heavy atom. The van der Waals surface area contributed by atoms with Gasteiger partial charge in [0.1, 0.15) is 31.7 Å². The summed E-state index contributed by atoms with van der Waals surface area (Å²) in [5.41, 5.74) is -12.1. The summed E-state index contributed by atoms with van der Waals surface area (Å²) in [5, 5.41) is 23.4. The maximum atomic E-state index is 14.3. The van der Waals surface area contributed by atoms with Gasteiger partial charge >= 0.3 is 48.3 Å². The number of hydrogen-bond donors (Lipinski definition) is 3. The number of carbonyl (C=O) groups excluding carboxylic acids is 3. The number of Topliss-reactive ketones (excluding diaryl/α,β-unsaturated/α-hetero) is 1. The molecule has 0 aliphatic carbocycles. The summed E-state index contributed by atoms with van der Waals surface area (Å²) < 4.78 is 191. The number of alkyl halides is 12. The van der Waals surface area contributed by atoms with E-state index in [0.717, 1.165) is 0 Å². The van der Waals surface area contributed by atoms with Gasteiger partial charge in [0.25, 0.3) is 0 Å². The number of benzene rings is 6. The first-order valence-electron chi connectivity index (χ1n) is 31.7. The molecule has 30 heteroatoms. The largest absolute Gasteiger partial charge is 0.445 e. The van der Waals surface area contributed by atoms with Crippen LogP contribution in [0.4, 0.5) is 62.3 Å². The lowest BCUT2D eigenvalue weighted by atomic mass is 9.71. The number of hydrogen-bond acceptors (Lipinski definition) is 12. The maximum absolute atomic E-state index is 14.3. The quantitative estimate of drug-likeness (QED) is 0.0608. The molecule has 3 N–H and O–H groups in total. The van der Waals surface area contributed by atoms with Gasteiger partial charge in [-0.1, -0.05) is 136 Å². The molecule has 10 rings (SSSR count). The lowest BCUT2D eigenvalue weighted by molar-refractivity contribution is -0.145. The highest BCUT2D eigenvalue weighted by molar-refractivity contribution is 5.77. The topological polar surface area (TPSA) is 216 Å². The van der Waals surface area contributed by atoms with Crippen molar-refractivity contribution >= 4 is 18.0 Å². The second kappa shape index (κ2) is 32.0. The zero-order valence-corrected chi connectivity index (χ0v) is 55.1. The normalized spacial score (nSPS) is 20.1. The van der Waals surface area contributed by atoms with Crippen molar-refractivity contribution in [3.8, 4) is 0 Å². The van der Waals surface area contributed by atoms with Gasteiger partial charge in [-0.3, -0.25) is 23.7 Å². The Labute approximate surface area is 585 Å². The van der Waals surface area contributed by atoms with Crippen LogP contribution in [0.1, 0.15) is 156 Å². The van der Waals surface area contributed by atoms with Crippen LogP contribution >= 0.6 is 0 Å². The minimum absolute atomic E-state index is 0. The van der Waals surface area contributed by atoms with Crippen LogP contribution in [0.3, 0.4) is 0 Å². The molecule has 6 aromatic carbocycles. The zero-order valence-electron chi connectivity index (χ0n) is 55.1. The number of aromatic nitrogens is 6. The second-order valence-corrected chi connectivity index (χ2v) is 26.0. The molecule has 2 aromatic heterocycles. The van der Waals surface area contributed by atoms with Gasteiger partial charge in [0.2, 0.25) is 0 Å². The monoisotopic (exact) mass is 1460 g/mol. The van der Waals surface area contributed by atoms with Gasteiger partial charge in [0.05, 0.1) is 75.4 Å². The predicted molar refractivity (Wildman–Crippen MR) is 354 cm³/mol. The fourth-order valence-electron chi connectivity index (χ4n) is 13.3. The molecule has 2 aliphatic rings. The smallest absolute Gasteiger partial charge is 0.416 e. The van der Waals surface area contributed by atoms with E-state index in [0.29, 0.717) is 46.5 Å². The van der Waals surface area contributed by atoms with Crippen LogP contribution in [0.25, 0.3) is 0 Å². The van der Waals surface area contributed by atoms with Crippen LogP contribution < -0.4 is 11.4 Å². The van der Waals surface area contributed by atoms with Gasteiger partial charge < -0.3 is 24.1 Å². The molecule has 103 heavy (non-hydrogen) atoms. The highest BCUT2D eigenvalue weighted by atomic mass is 19.4. The fourth-order valence-corrected chi connectivity index (χ4v) is 13.3. The predicted octanol–water partition coefficient (Wildman–Crippen LogP) is 16.2. The number of ether oxygens (including phenoxy) is 4. The van der Waals surface area contributed by atoms with E-state index in [1.807, 2.05) is 0 Å². The number of likely N-dealkylation sites (tertiary alicyclic amines) is 2. The Balaban J connectivity index is 0.000000283. The number of H-pyrrole nitrogens is 2. The number of carbonyl (C=O) groups is 3. The molecule has 2 fully saturated rings. The first-order valence-corrected chi connectivity index (χ1v) is 31.7. The molecule has 8 aromatic rings. The summed E-state index contributed by atoms with van der Waals surface area (Å²) in [5.74, 6) is -0.280. The molecular weight excluding hydrogens is 1380 g/mol. The van der Waals surface area contributed by atoms with Gasteiger partial charge in [0.15, 0.2) is 0 Å². The van der Waals surface area contributed by atoms with Crippen LogP contribution in [0, 0.1) is 0 Å². The van der Waals surface area contributed by atoms with Crippen molar-refractivity contribution in [3.05, 3.63) is 247 Å². The SMILES string of the molecule is C.C.CC(=O)C[C@]1(n2cn[nH]c2=O)CC[C@@](CO[C@H](C)c2cc(C(F)(F)F)cc(C(F)(F)F)c2)(c2ccccc2)N(C(=O)OCc2ccccc2)C1.C[C@@H](OC[C@@]1(c2ccccc2)CC[C@](CC(C)(C)O)(n2cn[nH]c2=O)CN1C(=O)OCc1ccccc1)c1cc(C(F)(F)F)cc(C(F)(F)F)c1. The van der Waals surface area contributed by atoms with Crippen molar-refractivity contribution in [2.24, 2.45) is 0 Å². The van der Waals surface area contributed by atoms with Crippen LogP contribution in [0.5, 0.6) is 0 Å². The van der Waals surface area contributed by atoms with Gasteiger partial charge in [-0.2, -0.15) is 62.9 Å². The van der Waals surface area contributed by atoms with Gasteiger partial charge in [-0.15, -0.1) is 0 Å². The van der Waals surface area contributed by atoms with Crippen molar-refractivity contribution in [1.29, 1.82) is 0 Å². The molecule has 2 amide bonds. The Morgan fingerprint density at radius 2 is 0.825 bits per heavy atom. The van der Waals surface area contributed by atoms with E-state index >= 15 is 0 Å². The Kier molecular flexibility index (Phi) is 25.1. The van der Waals surface area contributed by atoms with E-state index in [1.165, 1.54) is 52.4 Å². The lowest BCUT2D eigenvalue weighted by Crippen LogP contribution is -2.64. The number of nitrogens with one attached hydrogen (secondary N) is 2. The standard InChI is InChI=1S/C36H38F6N4O5.C35H34F6N4O5.2CH4/c1-24(26-16-28(35(37,38)39)18-29(17-26)36(40,41)42)51-22-34(27-12-8-5-9-13-27)15-14-33(20-32(2,3)49,46-23-43-44-30(46)47)21-45(34)31(48)50-19-25-10-6-4-7-11-25;1-23(46)18-32(45-22-42-43-30(45)47)13-14-33(27-11-7-4-8-12-27,44(20-32)31(48)49-19-25-9-5-3-6-10-25)21-50-24(2)26-15-28(34(36,37)38)17-29(16-26)35(39,40)41;;/h4-13,16-18,23-24,49H,14-15,19-22H2,1-3H3,(H,44,47);3-12,15-17,22,24H,13-14,18-21H2,1-2H3,(H,43,47);2*1H4/t24-,33-,34-;24-,32-,33-;;/m11../s1. The van der Waals surface area contributed by atoms with E-state index < -0.39 is 117 Å². The van der Waals surface area contributed by atoms with Crippen molar-refractivity contribution < 1.29 is 91.1 Å². The second-order valence-electron chi connectivity index (χ2n) is 26.0. The summed E-state index contributed by atoms with van der Waals surface area (Å²) in [6.45, 7) is 5.60. The van der Waals surface area contributed by atoms with Crippen molar-refractivity contribution in [3.63, 3.8) is 0 Å². The number of halogens is 12. The fraction of sp³-hybridized carbons (Fsp3) is 0.411. The Morgan fingerprint density at radius 3 is 1.14 bits per heavy atom. The van der Waals surface area contributed by atoms with Crippen LogP contribution in [0.2, 0.25) is 0 Å². The molecule has 556 valence electrons. The molecule has 18 nitrogen and oxygen atoms in total. The summed E-state index contributed by atoms with van der Waals surface area (Å²) >= 11 is 0. The first-order chi connectivity index (χ1) is 47.4. The molecule has 0 spiro atoms. The minimum atomic E-state index is -5.06. The number of ketones is 1. The molecule has 6 atom stereocenters. The number of amides is 2. The number of aromatic amines is 2. The highest BCUT2D eigenvalue weighted by Crippen LogP contribution is 2.50. The number of rotatable bonds is 20. The van der Waals surface area contributed by atoms with Gasteiger partial charge in [-0.25, -0.2) is 29.4 Å². The van der Waals surface area contributed by atoms with Crippen LogP contribution in [0.15, 0.2) is 180 Å². The molecule has 0 saturated carbocycles. The lowest BCUT2D eigenvalue weighted by Gasteiger charge is -2.54. The van der Waals surface area contributed by atoms with Gasteiger partial charge in [0, 0.05) is 25.9 Å². The van der Waals surface area contributed by atoms with Crippen LogP contribution in [-0.4, -0.2) is 94.3 Å². The van der Waals surface area contributed by atoms with Crippen molar-refractivity contribution in [2.75, 3.05) is 26.3 Å². The summed E-state index contributed by atoms with van der Waals surface area (Å²) in [7, 11) is 0. The average Bonchev–Trinajstić information content (AvgIpc) is 1.62. The minimum Gasteiger partial charge on any atom is -0.445 e. The summed E-state index contributed by atoms with van der Waals surface area (Å²) in [6.07, 6.45) is -21.7. The summed E-state index contributed by atoms with van der Waals surface area (Å²) in [6, 6.07) is 37.3. The van der Waals surface area contributed by atoms with E-state index in [2.05, 4.69) is 20.4 Å². The molecule has 4 heterocycles. The van der Waals surface area contributed by atoms with E-state index in [4.69, 9.17) is 18.9 Å². The third kappa shape index (κ3) is 19.0. The molecule has 2 aliphatic heterocycles. The summed E-state index contributed by atoms with van der Waals surface area (Å²) in [4.78, 5) is 69.8. The number of piperidine rings is 2.